The Kier molecular flexibility index (Phi) is 7.09. The Morgan fingerprint density at radius 2 is 2.00 bits per heavy atom. The molecule has 0 saturated carbocycles. The molecule has 1 aliphatic rings. The minimum atomic E-state index is -0.620. The van der Waals surface area contributed by atoms with E-state index in [-0.39, 0.29) is 11.0 Å². The van der Waals surface area contributed by atoms with Crippen LogP contribution in [0.3, 0.4) is 0 Å². The zero-order valence-corrected chi connectivity index (χ0v) is 20.2. The summed E-state index contributed by atoms with van der Waals surface area (Å²) in [4.78, 5) is 38.5. The Bertz CT molecular complexity index is 1320. The van der Waals surface area contributed by atoms with E-state index in [4.69, 9.17) is 16.3 Å². The summed E-state index contributed by atoms with van der Waals surface area (Å²) in [7, 11) is 0. The van der Waals surface area contributed by atoms with E-state index in [9.17, 15) is 18.8 Å². The number of para-hydroxylation sites is 1. The fourth-order valence-corrected chi connectivity index (χ4v) is 4.66. The lowest BCUT2D eigenvalue weighted by molar-refractivity contribution is -0.150. The molecule has 1 aromatic heterocycles. The molecule has 176 valence electrons. The monoisotopic (exact) mass is 500 g/mol. The van der Waals surface area contributed by atoms with E-state index in [0.717, 1.165) is 38.7 Å². The minimum absolute atomic E-state index is 0.226. The summed E-state index contributed by atoms with van der Waals surface area (Å²) in [5, 5.41) is 0.688. The van der Waals surface area contributed by atoms with Gasteiger partial charge in [-0.1, -0.05) is 42.8 Å². The Balaban J connectivity index is 1.62. The maximum Gasteiger partial charge on any atom is 0.326 e. The van der Waals surface area contributed by atoms with Crippen molar-refractivity contribution in [1.29, 1.82) is 0 Å². The van der Waals surface area contributed by atoms with Crippen molar-refractivity contribution >= 4 is 57.5 Å². The summed E-state index contributed by atoms with van der Waals surface area (Å²) in [5.41, 5.74) is 2.38. The lowest BCUT2D eigenvalue weighted by Crippen LogP contribution is -2.35. The van der Waals surface area contributed by atoms with Gasteiger partial charge < -0.3 is 9.30 Å². The third-order valence-electron chi connectivity index (χ3n) is 5.53. The molecule has 6 nitrogen and oxygen atoms in total. The molecular weight excluding hydrogens is 479 g/mol. The Morgan fingerprint density at radius 3 is 2.74 bits per heavy atom. The fraction of sp³-hybridized carbons (Fsp3) is 0.240. The van der Waals surface area contributed by atoms with Gasteiger partial charge in [-0.3, -0.25) is 19.3 Å². The summed E-state index contributed by atoms with van der Waals surface area (Å²) >= 11 is 7.00. The van der Waals surface area contributed by atoms with E-state index >= 15 is 0 Å². The first-order chi connectivity index (χ1) is 16.3. The number of aromatic nitrogens is 1. The van der Waals surface area contributed by atoms with Gasteiger partial charge in [0.2, 0.25) is 0 Å². The summed E-state index contributed by atoms with van der Waals surface area (Å²) in [5.74, 6) is -1.56. The van der Waals surface area contributed by atoms with Crippen molar-refractivity contribution in [2.24, 2.45) is 0 Å². The number of carbonyl (C=O) groups is 3. The highest BCUT2D eigenvalue weighted by atomic mass is 35.5. The van der Waals surface area contributed by atoms with Crippen LogP contribution < -0.4 is 0 Å². The van der Waals surface area contributed by atoms with Gasteiger partial charge in [-0.05, 0) is 54.9 Å². The summed E-state index contributed by atoms with van der Waals surface area (Å²) in [6.45, 7) is 3.61. The van der Waals surface area contributed by atoms with Gasteiger partial charge in [0.15, 0.2) is 0 Å². The number of fused-ring (bicyclic) bond motifs is 1. The van der Waals surface area contributed by atoms with Crippen LogP contribution in [0.5, 0.6) is 0 Å². The summed E-state index contributed by atoms with van der Waals surface area (Å²) in [6, 6.07) is 11.9. The number of carbonyl (C=O) groups excluding carboxylic acids is 3. The molecule has 9 heteroatoms. The number of ether oxygens (including phenoxy) is 1. The van der Waals surface area contributed by atoms with Gasteiger partial charge in [0, 0.05) is 34.2 Å². The number of amides is 2. The quantitative estimate of drug-likeness (QED) is 0.300. The number of hydrogen-bond donors (Lipinski definition) is 0. The largest absolute Gasteiger partial charge is 0.461 e. The van der Waals surface area contributed by atoms with Gasteiger partial charge in [0.25, 0.3) is 11.1 Å². The number of halogens is 2. The second kappa shape index (κ2) is 10.0. The van der Waals surface area contributed by atoms with Crippen molar-refractivity contribution in [3.8, 4) is 0 Å². The summed E-state index contributed by atoms with van der Waals surface area (Å²) in [6.07, 6.45) is 3.86. The van der Waals surface area contributed by atoms with Crippen molar-refractivity contribution in [3.63, 3.8) is 0 Å². The van der Waals surface area contributed by atoms with E-state index in [0.29, 0.717) is 18.0 Å². The number of hydrogen-bond acceptors (Lipinski definition) is 5. The highest BCUT2D eigenvalue weighted by molar-refractivity contribution is 8.18. The second-order valence-electron chi connectivity index (χ2n) is 7.94. The number of nitrogens with zero attached hydrogens (tertiary/aromatic N) is 2. The van der Waals surface area contributed by atoms with Gasteiger partial charge in [0.05, 0.1) is 11.0 Å². The van der Waals surface area contributed by atoms with E-state index < -0.39 is 29.5 Å². The summed E-state index contributed by atoms with van der Waals surface area (Å²) < 4.78 is 20.6. The SMILES string of the molecule is CC[C@H](C)OC(=O)CN1C(=O)S/C(=C\c2cn(Cc3ccc(F)cc3Cl)c3ccccc23)C1=O. The maximum atomic E-state index is 13.4. The lowest BCUT2D eigenvalue weighted by Gasteiger charge is -2.14. The van der Waals surface area contributed by atoms with Crippen molar-refractivity contribution in [2.75, 3.05) is 6.54 Å². The zero-order valence-electron chi connectivity index (χ0n) is 18.6. The first kappa shape index (κ1) is 24.0. The van der Waals surface area contributed by atoms with Crippen molar-refractivity contribution < 1.29 is 23.5 Å². The minimum Gasteiger partial charge on any atom is -0.461 e. The van der Waals surface area contributed by atoms with Crippen LogP contribution in [0.15, 0.2) is 53.6 Å². The van der Waals surface area contributed by atoms with Gasteiger partial charge in [-0.25, -0.2) is 4.39 Å². The maximum absolute atomic E-state index is 13.4. The lowest BCUT2D eigenvalue weighted by atomic mass is 10.1. The number of esters is 1. The molecule has 0 unspecified atom stereocenters. The molecule has 1 aliphatic heterocycles. The molecule has 0 N–H and O–H groups in total. The van der Waals surface area contributed by atoms with Crippen LogP contribution in [-0.2, 0) is 20.9 Å². The molecule has 2 heterocycles. The predicted molar refractivity (Wildman–Crippen MR) is 131 cm³/mol. The average molecular weight is 501 g/mol. The average Bonchev–Trinajstić information content (AvgIpc) is 3.27. The molecule has 2 amide bonds. The Morgan fingerprint density at radius 1 is 1.24 bits per heavy atom. The Hall–Kier alpha value is -3.10. The molecule has 1 fully saturated rings. The third kappa shape index (κ3) is 5.03. The Labute approximate surface area is 205 Å². The number of rotatable bonds is 7. The predicted octanol–water partition coefficient (Wildman–Crippen LogP) is 5.86. The van der Waals surface area contributed by atoms with Crippen LogP contribution >= 0.6 is 23.4 Å². The van der Waals surface area contributed by atoms with Crippen molar-refractivity contribution in [1.82, 2.24) is 9.47 Å². The normalized spacial score (nSPS) is 16.0. The molecule has 0 spiro atoms. The van der Waals surface area contributed by atoms with Crippen molar-refractivity contribution in [3.05, 3.63) is 75.5 Å². The molecule has 0 aliphatic carbocycles. The molecule has 1 atom stereocenters. The highest BCUT2D eigenvalue weighted by Gasteiger charge is 2.37. The van der Waals surface area contributed by atoms with Gasteiger partial charge in [0.1, 0.15) is 12.4 Å². The number of benzene rings is 2. The topological polar surface area (TPSA) is 68.6 Å². The van der Waals surface area contributed by atoms with Crippen LogP contribution in [0.4, 0.5) is 9.18 Å². The van der Waals surface area contributed by atoms with Crippen LogP contribution in [-0.4, -0.2) is 39.2 Å². The molecule has 34 heavy (non-hydrogen) atoms. The second-order valence-corrected chi connectivity index (χ2v) is 9.34. The first-order valence-electron chi connectivity index (χ1n) is 10.7. The van der Waals surface area contributed by atoms with Crippen LogP contribution in [0, 0.1) is 5.82 Å². The standard InChI is InChI=1S/C25H22ClFN2O4S/c1-3-15(2)33-23(30)14-29-24(31)22(34-25(29)32)10-17-13-28(21-7-5-4-6-19(17)21)12-16-8-9-18(27)11-20(16)26/h4-11,13,15H,3,12,14H2,1-2H3/b22-10-/t15-/m0/s1. The fourth-order valence-electron chi connectivity index (χ4n) is 3.61. The molecule has 0 bridgehead atoms. The van der Waals surface area contributed by atoms with Gasteiger partial charge in [-0.2, -0.15) is 0 Å². The van der Waals surface area contributed by atoms with E-state index in [1.807, 2.05) is 42.0 Å². The highest BCUT2D eigenvalue weighted by Crippen LogP contribution is 2.34. The third-order valence-corrected chi connectivity index (χ3v) is 6.79. The molecule has 1 saturated heterocycles. The van der Waals surface area contributed by atoms with Crippen LogP contribution in [0.25, 0.3) is 17.0 Å². The van der Waals surface area contributed by atoms with Crippen LogP contribution in [0.1, 0.15) is 31.4 Å². The van der Waals surface area contributed by atoms with Gasteiger partial charge >= 0.3 is 5.97 Å². The molecule has 0 radical (unpaired) electrons. The van der Waals surface area contributed by atoms with Gasteiger partial charge in [-0.15, -0.1) is 0 Å². The molecule has 4 rings (SSSR count). The smallest absolute Gasteiger partial charge is 0.326 e. The zero-order chi connectivity index (χ0) is 24.4. The van der Waals surface area contributed by atoms with Crippen LogP contribution in [0.2, 0.25) is 5.02 Å². The first-order valence-corrected chi connectivity index (χ1v) is 11.9. The molecular formula is C25H22ClFN2O4S. The van der Waals surface area contributed by atoms with E-state index in [1.165, 1.54) is 12.1 Å². The van der Waals surface area contributed by atoms with Crippen molar-refractivity contribution in [2.45, 2.75) is 32.9 Å². The number of imide groups is 1. The molecule has 2 aromatic carbocycles. The molecule has 3 aromatic rings. The van der Waals surface area contributed by atoms with E-state index in [2.05, 4.69) is 0 Å². The van der Waals surface area contributed by atoms with E-state index in [1.54, 1.807) is 19.1 Å². The number of thioether (sulfide) groups is 1.